The van der Waals surface area contributed by atoms with Crippen LogP contribution in [0.3, 0.4) is 0 Å². The average molecular weight is 275 g/mol. The largest absolute Gasteiger partial charge is 0.375 e. The number of aryl methyl sites for hydroxylation is 1. The number of fused-ring (bicyclic) bond motifs is 2. The van der Waals surface area contributed by atoms with E-state index in [9.17, 15) is 0 Å². The molecule has 0 fully saturated rings. The van der Waals surface area contributed by atoms with Crippen molar-refractivity contribution in [1.82, 2.24) is 9.97 Å². The molecule has 4 rings (SSSR count). The fourth-order valence-electron chi connectivity index (χ4n) is 3.20. The number of anilines is 1. The number of benzene rings is 1. The fourth-order valence-corrected chi connectivity index (χ4v) is 3.20. The van der Waals surface area contributed by atoms with Crippen LogP contribution in [0.15, 0.2) is 55.0 Å². The summed E-state index contributed by atoms with van der Waals surface area (Å²) in [7, 11) is 0. The Morgan fingerprint density at radius 3 is 3.00 bits per heavy atom. The third-order valence-corrected chi connectivity index (χ3v) is 4.21. The minimum absolute atomic E-state index is 0.351. The van der Waals surface area contributed by atoms with E-state index in [1.165, 1.54) is 24.0 Å². The van der Waals surface area contributed by atoms with Gasteiger partial charge in [-0.05, 0) is 42.5 Å². The van der Waals surface area contributed by atoms with Crippen molar-refractivity contribution in [2.45, 2.75) is 25.3 Å². The third-order valence-electron chi connectivity index (χ3n) is 4.21. The molecule has 1 aromatic carbocycles. The van der Waals surface area contributed by atoms with Crippen LogP contribution >= 0.6 is 0 Å². The molecule has 2 aromatic heterocycles. The predicted molar refractivity (Wildman–Crippen MR) is 85.3 cm³/mol. The molecule has 0 aliphatic heterocycles. The molecule has 0 amide bonds. The maximum Gasteiger partial charge on any atom is 0.0964 e. The normalized spacial score (nSPS) is 17.4. The van der Waals surface area contributed by atoms with Gasteiger partial charge >= 0.3 is 0 Å². The van der Waals surface area contributed by atoms with Gasteiger partial charge in [0.1, 0.15) is 0 Å². The van der Waals surface area contributed by atoms with E-state index in [4.69, 9.17) is 0 Å². The number of nitrogens with one attached hydrogen (secondary N) is 1. The Bertz CT molecular complexity index is 777. The molecule has 3 aromatic rings. The number of aromatic nitrogens is 2. The van der Waals surface area contributed by atoms with Crippen LogP contribution in [0.4, 0.5) is 5.69 Å². The Morgan fingerprint density at radius 2 is 2.00 bits per heavy atom. The van der Waals surface area contributed by atoms with E-state index in [2.05, 4.69) is 45.6 Å². The van der Waals surface area contributed by atoms with Gasteiger partial charge in [-0.3, -0.25) is 9.97 Å². The number of rotatable bonds is 2. The quantitative estimate of drug-likeness (QED) is 0.764. The van der Waals surface area contributed by atoms with Crippen LogP contribution in [-0.4, -0.2) is 9.97 Å². The van der Waals surface area contributed by atoms with Crippen molar-refractivity contribution in [3.8, 4) is 0 Å². The first-order valence-corrected chi connectivity index (χ1v) is 7.45. The molecule has 0 saturated heterocycles. The van der Waals surface area contributed by atoms with Gasteiger partial charge in [0.15, 0.2) is 0 Å². The molecule has 1 aliphatic rings. The van der Waals surface area contributed by atoms with Gasteiger partial charge < -0.3 is 5.32 Å². The van der Waals surface area contributed by atoms with Crippen LogP contribution in [0.1, 0.15) is 30.0 Å². The zero-order chi connectivity index (χ0) is 14.1. The van der Waals surface area contributed by atoms with Crippen LogP contribution < -0.4 is 5.32 Å². The molecular formula is C18H17N3. The maximum absolute atomic E-state index is 4.50. The Morgan fingerprint density at radius 1 is 1.05 bits per heavy atom. The van der Waals surface area contributed by atoms with E-state index in [1.807, 2.05) is 24.7 Å². The standard InChI is InChI=1S/C18H17N3/c1-2-8-15-13(5-1)6-3-9-16(15)21-17-12-19-11-14-7-4-10-20-18(14)17/h1-2,4-5,7-8,10-12,16,21H,3,6,9H2. The van der Waals surface area contributed by atoms with E-state index >= 15 is 0 Å². The second kappa shape index (κ2) is 5.17. The Kier molecular flexibility index (Phi) is 3.03. The number of nitrogens with zero attached hydrogens (tertiary/aromatic N) is 2. The van der Waals surface area contributed by atoms with Crippen LogP contribution in [0.5, 0.6) is 0 Å². The smallest absolute Gasteiger partial charge is 0.0964 e. The van der Waals surface area contributed by atoms with Crippen molar-refractivity contribution >= 4 is 16.6 Å². The molecule has 1 unspecified atom stereocenters. The summed E-state index contributed by atoms with van der Waals surface area (Å²) in [6, 6.07) is 13.1. The number of hydrogen-bond acceptors (Lipinski definition) is 3. The van der Waals surface area contributed by atoms with Crippen molar-refractivity contribution in [1.29, 1.82) is 0 Å². The lowest BCUT2D eigenvalue weighted by molar-refractivity contribution is 0.600. The summed E-state index contributed by atoms with van der Waals surface area (Å²) >= 11 is 0. The highest BCUT2D eigenvalue weighted by Gasteiger charge is 2.20. The second-order valence-electron chi connectivity index (χ2n) is 5.55. The van der Waals surface area contributed by atoms with E-state index in [0.29, 0.717) is 6.04 Å². The Balaban J connectivity index is 1.73. The van der Waals surface area contributed by atoms with E-state index in [0.717, 1.165) is 23.0 Å². The van der Waals surface area contributed by atoms with Crippen molar-refractivity contribution < 1.29 is 0 Å². The first kappa shape index (κ1) is 12.3. The molecule has 0 radical (unpaired) electrons. The first-order valence-electron chi connectivity index (χ1n) is 7.45. The monoisotopic (exact) mass is 275 g/mol. The van der Waals surface area contributed by atoms with Crippen molar-refractivity contribution in [2.75, 3.05) is 5.32 Å². The van der Waals surface area contributed by atoms with Gasteiger partial charge in [0.25, 0.3) is 0 Å². The van der Waals surface area contributed by atoms with Crippen LogP contribution in [0.2, 0.25) is 0 Å². The predicted octanol–water partition coefficient (Wildman–Crippen LogP) is 4.12. The zero-order valence-electron chi connectivity index (χ0n) is 11.8. The molecule has 0 spiro atoms. The van der Waals surface area contributed by atoms with E-state index < -0.39 is 0 Å². The molecule has 2 heterocycles. The molecule has 1 aliphatic carbocycles. The van der Waals surface area contributed by atoms with Gasteiger partial charge in [0.05, 0.1) is 23.4 Å². The van der Waals surface area contributed by atoms with Gasteiger partial charge in [-0.1, -0.05) is 24.3 Å². The van der Waals surface area contributed by atoms with Crippen LogP contribution in [-0.2, 0) is 6.42 Å². The summed E-state index contributed by atoms with van der Waals surface area (Å²) in [5.74, 6) is 0. The van der Waals surface area contributed by atoms with Crippen molar-refractivity contribution in [2.24, 2.45) is 0 Å². The Labute approximate surface area is 124 Å². The lowest BCUT2D eigenvalue weighted by Crippen LogP contribution is -2.17. The molecule has 1 N–H and O–H groups in total. The molecule has 3 nitrogen and oxygen atoms in total. The molecule has 0 saturated carbocycles. The maximum atomic E-state index is 4.50. The lowest BCUT2D eigenvalue weighted by atomic mass is 9.87. The minimum atomic E-state index is 0.351. The van der Waals surface area contributed by atoms with Gasteiger partial charge in [-0.25, -0.2) is 0 Å². The summed E-state index contributed by atoms with van der Waals surface area (Å²) in [6.07, 6.45) is 9.14. The van der Waals surface area contributed by atoms with E-state index in [1.54, 1.807) is 0 Å². The van der Waals surface area contributed by atoms with E-state index in [-0.39, 0.29) is 0 Å². The van der Waals surface area contributed by atoms with Gasteiger partial charge in [-0.2, -0.15) is 0 Å². The number of pyridine rings is 2. The summed E-state index contributed by atoms with van der Waals surface area (Å²) in [5.41, 5.74) is 4.89. The molecule has 1 atom stereocenters. The fraction of sp³-hybridized carbons (Fsp3) is 0.222. The SMILES string of the molecule is c1ccc2c(c1)CCCC2Nc1cncc2cccnc12. The molecule has 21 heavy (non-hydrogen) atoms. The first-order chi connectivity index (χ1) is 10.4. The number of hydrogen-bond donors (Lipinski definition) is 1. The summed E-state index contributed by atoms with van der Waals surface area (Å²) in [4.78, 5) is 8.83. The van der Waals surface area contributed by atoms with Crippen molar-refractivity contribution in [3.63, 3.8) is 0 Å². The van der Waals surface area contributed by atoms with Crippen molar-refractivity contribution in [3.05, 3.63) is 66.1 Å². The molecular weight excluding hydrogens is 258 g/mol. The highest BCUT2D eigenvalue weighted by molar-refractivity contribution is 5.89. The summed E-state index contributed by atoms with van der Waals surface area (Å²) < 4.78 is 0. The van der Waals surface area contributed by atoms with Crippen LogP contribution in [0, 0.1) is 0 Å². The minimum Gasteiger partial charge on any atom is -0.375 e. The highest BCUT2D eigenvalue weighted by atomic mass is 15.0. The highest BCUT2D eigenvalue weighted by Crippen LogP contribution is 2.33. The molecule has 3 heteroatoms. The summed E-state index contributed by atoms with van der Waals surface area (Å²) in [6.45, 7) is 0. The lowest BCUT2D eigenvalue weighted by Gasteiger charge is -2.27. The second-order valence-corrected chi connectivity index (χ2v) is 5.55. The van der Waals surface area contributed by atoms with Crippen LogP contribution in [0.25, 0.3) is 10.9 Å². The molecule has 104 valence electrons. The van der Waals surface area contributed by atoms with Gasteiger partial charge in [0.2, 0.25) is 0 Å². The zero-order valence-corrected chi connectivity index (χ0v) is 11.8. The molecule has 0 bridgehead atoms. The topological polar surface area (TPSA) is 37.8 Å². The third kappa shape index (κ3) is 2.25. The summed E-state index contributed by atoms with van der Waals surface area (Å²) in [5, 5.41) is 4.73. The van der Waals surface area contributed by atoms with Gasteiger partial charge in [0, 0.05) is 17.8 Å². The van der Waals surface area contributed by atoms with Gasteiger partial charge in [-0.15, -0.1) is 0 Å². The Hall–Kier alpha value is -2.42. The average Bonchev–Trinajstić information content (AvgIpc) is 2.56.